The van der Waals surface area contributed by atoms with Crippen LogP contribution >= 0.6 is 0 Å². The number of aliphatic carboxylic acids is 1. The molecule has 254 valence electrons. The molecule has 0 saturated heterocycles. The quantitative estimate of drug-likeness (QED) is 0.174. The number of allylic oxidation sites excluding steroid dienone is 5. The minimum atomic E-state index is -4.52. The predicted molar refractivity (Wildman–Crippen MR) is 189 cm³/mol. The number of nitrogens with two attached hydrogens (primary N) is 1. The molecule has 3 aromatic rings. The Bertz CT molecular complexity index is 2040. The first-order valence-electron chi connectivity index (χ1n) is 15.5. The number of fused-ring (bicyclic) bond motifs is 2. The van der Waals surface area contributed by atoms with E-state index in [0.717, 1.165) is 22.6 Å². The van der Waals surface area contributed by atoms with Gasteiger partial charge in [-0.2, -0.15) is 8.42 Å². The summed E-state index contributed by atoms with van der Waals surface area (Å²) in [4.78, 5) is 15.8. The Hall–Kier alpha value is -4.23. The molecule has 0 spiro atoms. The van der Waals surface area contributed by atoms with E-state index in [1.54, 1.807) is 26.0 Å². The Morgan fingerprint density at radius 3 is 2.17 bits per heavy atom. The predicted octanol–water partition coefficient (Wildman–Crippen LogP) is 5.90. The Morgan fingerprint density at radius 2 is 1.54 bits per heavy atom. The Balaban J connectivity index is 1.58. The van der Waals surface area contributed by atoms with E-state index in [9.17, 15) is 31.3 Å². The van der Waals surface area contributed by atoms with E-state index in [1.165, 1.54) is 12.1 Å². The summed E-state index contributed by atoms with van der Waals surface area (Å²) in [7, 11) is -8.63. The van der Waals surface area contributed by atoms with Crippen LogP contribution in [0.5, 0.6) is 0 Å². The third-order valence-electron chi connectivity index (χ3n) is 9.65. The van der Waals surface area contributed by atoms with Crippen LogP contribution in [0.2, 0.25) is 0 Å². The van der Waals surface area contributed by atoms with Crippen molar-refractivity contribution < 1.29 is 31.3 Å². The van der Waals surface area contributed by atoms with Crippen molar-refractivity contribution in [1.29, 1.82) is 0 Å². The molecule has 0 fully saturated rings. The Morgan fingerprint density at radius 1 is 0.896 bits per heavy atom. The van der Waals surface area contributed by atoms with Crippen LogP contribution in [-0.2, 0) is 35.8 Å². The van der Waals surface area contributed by atoms with Gasteiger partial charge in [0.25, 0.3) is 10.1 Å². The highest BCUT2D eigenvalue weighted by molar-refractivity contribution is 7.89. The number of carbonyl (C=O) groups is 1. The number of hydrogen-bond acceptors (Lipinski definition) is 7. The van der Waals surface area contributed by atoms with E-state index < -0.39 is 54.7 Å². The molecule has 12 heteroatoms. The van der Waals surface area contributed by atoms with Crippen LogP contribution in [0.4, 0.5) is 17.1 Å². The summed E-state index contributed by atoms with van der Waals surface area (Å²) < 4.78 is 59.6. The highest BCUT2D eigenvalue weighted by Gasteiger charge is 2.50. The molecular formula is C36H41N3O7S2. The van der Waals surface area contributed by atoms with Crippen molar-refractivity contribution in [1.82, 2.24) is 0 Å². The van der Waals surface area contributed by atoms with Gasteiger partial charge in [0, 0.05) is 39.6 Å². The molecule has 48 heavy (non-hydrogen) atoms. The maximum atomic E-state index is 12.4. The molecule has 3 aromatic carbocycles. The van der Waals surface area contributed by atoms with Crippen molar-refractivity contribution in [2.24, 2.45) is 11.1 Å². The van der Waals surface area contributed by atoms with E-state index in [-0.39, 0.29) is 10.9 Å². The van der Waals surface area contributed by atoms with Gasteiger partial charge in [0.1, 0.15) is 0 Å². The second-order valence-corrected chi connectivity index (χ2v) is 16.2. The zero-order valence-electron chi connectivity index (χ0n) is 27.5. The molecule has 4 unspecified atom stereocenters. The summed E-state index contributed by atoms with van der Waals surface area (Å²) in [5.41, 5.74) is 3.03. The lowest BCUT2D eigenvalue weighted by Gasteiger charge is -2.34. The molecule has 0 aromatic heterocycles. The van der Waals surface area contributed by atoms with Gasteiger partial charge in [-0.25, -0.2) is 13.6 Å². The van der Waals surface area contributed by atoms with Crippen LogP contribution < -0.4 is 14.9 Å². The maximum Gasteiger partial charge on any atom is 0.308 e. The molecule has 0 amide bonds. The molecule has 0 radical (unpaired) electrons. The molecule has 4 atom stereocenters. The van der Waals surface area contributed by atoms with Gasteiger partial charge in [-0.05, 0) is 67.4 Å². The average molecular weight is 692 g/mol. The molecule has 0 saturated carbocycles. The number of nitrogens with zero attached hydrogens (tertiary/aromatic N) is 2. The van der Waals surface area contributed by atoms with Crippen LogP contribution in [-0.4, -0.2) is 50.3 Å². The Kier molecular flexibility index (Phi) is 9.26. The third kappa shape index (κ3) is 6.45. The number of sulfonamides is 1. The van der Waals surface area contributed by atoms with Gasteiger partial charge in [0.15, 0.2) is 0 Å². The zero-order valence-corrected chi connectivity index (χ0v) is 29.1. The fraction of sp³-hybridized carbons (Fsp3) is 0.306. The van der Waals surface area contributed by atoms with Crippen LogP contribution in [0.15, 0.2) is 114 Å². The van der Waals surface area contributed by atoms with Crippen molar-refractivity contribution in [2.45, 2.75) is 62.4 Å². The maximum absolute atomic E-state index is 12.4. The number of para-hydroxylation sites is 2. The topological polar surface area (TPSA) is 158 Å². The van der Waals surface area contributed by atoms with Crippen LogP contribution in [0.3, 0.4) is 0 Å². The lowest BCUT2D eigenvalue weighted by molar-refractivity contribution is -0.141. The van der Waals surface area contributed by atoms with Gasteiger partial charge in [0.2, 0.25) is 10.0 Å². The minimum Gasteiger partial charge on any atom is -0.481 e. The summed E-state index contributed by atoms with van der Waals surface area (Å²) in [6, 6.07) is 20.6. The first-order valence-corrected chi connectivity index (χ1v) is 18.7. The largest absolute Gasteiger partial charge is 0.481 e. The van der Waals surface area contributed by atoms with Gasteiger partial charge < -0.3 is 14.9 Å². The van der Waals surface area contributed by atoms with Crippen LogP contribution in [0.1, 0.15) is 45.7 Å². The van der Waals surface area contributed by atoms with Crippen molar-refractivity contribution in [3.8, 4) is 0 Å². The number of anilines is 3. The lowest BCUT2D eigenvalue weighted by Crippen LogP contribution is -2.44. The van der Waals surface area contributed by atoms with E-state index >= 15 is 0 Å². The van der Waals surface area contributed by atoms with Gasteiger partial charge >= 0.3 is 5.97 Å². The zero-order chi connectivity index (χ0) is 35.2. The molecular weight excluding hydrogens is 651 g/mol. The van der Waals surface area contributed by atoms with E-state index in [1.807, 2.05) is 84.7 Å². The summed E-state index contributed by atoms with van der Waals surface area (Å²) in [5, 5.41) is 15.2. The highest BCUT2D eigenvalue weighted by Crippen LogP contribution is 2.51. The lowest BCUT2D eigenvalue weighted by atomic mass is 9.80. The van der Waals surface area contributed by atoms with Crippen molar-refractivity contribution in [2.75, 3.05) is 15.6 Å². The number of carboxylic acid groups (broad SMARTS) is 1. The number of rotatable bonds is 10. The van der Waals surface area contributed by atoms with Gasteiger partial charge in [-0.3, -0.25) is 9.35 Å². The SMILES string of the molecule is CC(C(=O)O)C(C)N1C(=CC=CC=CC2N(c3ccccc3)c3ccc(S(N)(=O)=O)cc3C2(C)CS(=O)(=O)O)C(C)(C)c2ccccc21. The number of benzene rings is 3. The van der Waals surface area contributed by atoms with Crippen molar-refractivity contribution in [3.05, 3.63) is 120 Å². The van der Waals surface area contributed by atoms with Gasteiger partial charge in [-0.1, -0.05) is 81.5 Å². The molecule has 2 aliphatic rings. The smallest absolute Gasteiger partial charge is 0.308 e. The molecule has 0 bridgehead atoms. The fourth-order valence-electron chi connectivity index (χ4n) is 7.00. The average Bonchev–Trinajstić information content (AvgIpc) is 3.38. The molecule has 0 aliphatic carbocycles. The standard InChI is InChI=1S/C36H41N3O7S2/c1-24(34(40)41)25(2)38-30-17-13-12-16-28(30)35(3,4)32(38)18-10-7-11-19-33-36(5,23-47(42,43)44)29-22-27(48(37,45)46)20-21-31(29)39(33)26-14-8-6-9-15-26/h6-22,24-25,33H,23H2,1-5H3,(H,40,41)(H2,37,45,46)(H,42,43,44). The first-order chi connectivity index (χ1) is 22.4. The molecule has 5 rings (SSSR count). The summed E-state index contributed by atoms with van der Waals surface area (Å²) in [5.74, 6) is -2.19. The molecule has 2 aliphatic heterocycles. The van der Waals surface area contributed by atoms with Gasteiger partial charge in [-0.15, -0.1) is 0 Å². The molecule has 10 nitrogen and oxygen atoms in total. The third-order valence-corrected chi connectivity index (χ3v) is 11.5. The van der Waals surface area contributed by atoms with E-state index in [4.69, 9.17) is 5.14 Å². The van der Waals surface area contributed by atoms with Crippen molar-refractivity contribution in [3.63, 3.8) is 0 Å². The van der Waals surface area contributed by atoms with Gasteiger partial charge in [0.05, 0.1) is 22.6 Å². The van der Waals surface area contributed by atoms with Crippen molar-refractivity contribution >= 4 is 43.2 Å². The van der Waals surface area contributed by atoms with E-state index in [0.29, 0.717) is 11.3 Å². The number of hydrogen-bond donors (Lipinski definition) is 3. The Labute approximate surface area is 282 Å². The summed E-state index contributed by atoms with van der Waals surface area (Å²) in [6.07, 6.45) is 9.24. The second kappa shape index (κ2) is 12.7. The highest BCUT2D eigenvalue weighted by atomic mass is 32.2. The number of primary sulfonamides is 1. The first kappa shape index (κ1) is 35.1. The summed E-state index contributed by atoms with van der Waals surface area (Å²) >= 11 is 0. The minimum absolute atomic E-state index is 0.164. The van der Waals surface area contributed by atoms with Crippen LogP contribution in [0, 0.1) is 5.92 Å². The second-order valence-electron chi connectivity index (χ2n) is 13.2. The molecule has 4 N–H and O–H groups in total. The monoisotopic (exact) mass is 691 g/mol. The number of carboxylic acids is 1. The fourth-order valence-corrected chi connectivity index (χ4v) is 8.63. The normalized spacial score (nSPS) is 22.7. The molecule has 2 heterocycles. The van der Waals surface area contributed by atoms with Crippen LogP contribution in [0.25, 0.3) is 0 Å². The summed E-state index contributed by atoms with van der Waals surface area (Å²) in [6.45, 7) is 9.48. The van der Waals surface area contributed by atoms with E-state index in [2.05, 4.69) is 24.8 Å².